The van der Waals surface area contributed by atoms with Gasteiger partial charge in [-0.2, -0.15) is 5.26 Å². The summed E-state index contributed by atoms with van der Waals surface area (Å²) in [5.41, 5.74) is 1.32. The smallest absolute Gasteiger partial charge is 0.0621 e. The molecular formula is C14H20N2S. The molecule has 1 aromatic carbocycles. The molecule has 2 nitrogen and oxygen atoms in total. The summed E-state index contributed by atoms with van der Waals surface area (Å²) in [6.07, 6.45) is 2.81. The Kier molecular flexibility index (Phi) is 6.76. The van der Waals surface area contributed by atoms with Crippen LogP contribution in [0.25, 0.3) is 0 Å². The summed E-state index contributed by atoms with van der Waals surface area (Å²) in [6.45, 7) is 2.16. The third kappa shape index (κ3) is 5.25. The molecule has 3 heteroatoms. The lowest BCUT2D eigenvalue weighted by atomic mass is 10.1. The summed E-state index contributed by atoms with van der Waals surface area (Å²) < 4.78 is 0. The molecule has 1 N–H and O–H groups in total. The lowest BCUT2D eigenvalue weighted by Gasteiger charge is -2.10. The van der Waals surface area contributed by atoms with Gasteiger partial charge in [0.05, 0.1) is 6.07 Å². The highest BCUT2D eigenvalue weighted by atomic mass is 32.2. The Hall–Kier alpha value is -0.980. The third-order valence-corrected chi connectivity index (χ3v) is 3.86. The maximum Gasteiger partial charge on any atom is 0.0621 e. The van der Waals surface area contributed by atoms with Crippen molar-refractivity contribution in [2.75, 3.05) is 12.8 Å². The van der Waals surface area contributed by atoms with Gasteiger partial charge >= 0.3 is 0 Å². The molecule has 0 spiro atoms. The quantitative estimate of drug-likeness (QED) is 0.589. The van der Waals surface area contributed by atoms with E-state index in [1.54, 1.807) is 0 Å². The Bertz CT molecular complexity index is 353. The van der Waals surface area contributed by atoms with Gasteiger partial charge in [0.2, 0.25) is 0 Å². The van der Waals surface area contributed by atoms with Crippen LogP contribution in [-0.4, -0.2) is 12.8 Å². The first kappa shape index (κ1) is 14.1. The summed E-state index contributed by atoms with van der Waals surface area (Å²) in [5.74, 6) is 1.10. The molecule has 0 aliphatic heterocycles. The molecule has 0 aliphatic rings. The minimum atomic E-state index is 0.407. The SMILES string of the molecule is CNC(C)c1ccc(SCCCCC#N)cc1. The molecule has 1 aromatic rings. The average molecular weight is 248 g/mol. The van der Waals surface area contributed by atoms with Crippen LogP contribution in [0.4, 0.5) is 0 Å². The standard InChI is InChI=1S/C14H20N2S/c1-12(16-2)13-6-8-14(9-7-13)17-11-5-3-4-10-15/h6-9,12,16H,3-5,11H2,1-2H3. The highest BCUT2D eigenvalue weighted by Gasteiger charge is 2.01. The van der Waals surface area contributed by atoms with Crippen LogP contribution in [0.2, 0.25) is 0 Å². The van der Waals surface area contributed by atoms with Crippen molar-refractivity contribution in [2.24, 2.45) is 0 Å². The van der Waals surface area contributed by atoms with Crippen molar-refractivity contribution in [3.8, 4) is 6.07 Å². The molecule has 0 aromatic heterocycles. The van der Waals surface area contributed by atoms with Gasteiger partial charge in [-0.25, -0.2) is 0 Å². The van der Waals surface area contributed by atoms with Gasteiger partial charge in [0.25, 0.3) is 0 Å². The van der Waals surface area contributed by atoms with Crippen LogP contribution in [0.5, 0.6) is 0 Å². The second kappa shape index (κ2) is 8.16. The van der Waals surface area contributed by atoms with E-state index in [9.17, 15) is 0 Å². The highest BCUT2D eigenvalue weighted by Crippen LogP contribution is 2.22. The van der Waals surface area contributed by atoms with Gasteiger partial charge in [-0.1, -0.05) is 12.1 Å². The van der Waals surface area contributed by atoms with Crippen molar-refractivity contribution >= 4 is 11.8 Å². The Morgan fingerprint density at radius 2 is 2.00 bits per heavy atom. The maximum absolute atomic E-state index is 8.43. The molecule has 0 radical (unpaired) electrons. The van der Waals surface area contributed by atoms with Gasteiger partial charge in [0, 0.05) is 17.4 Å². The Balaban J connectivity index is 2.33. The van der Waals surface area contributed by atoms with Crippen LogP contribution in [0.3, 0.4) is 0 Å². The predicted molar refractivity (Wildman–Crippen MR) is 74.1 cm³/mol. The van der Waals surface area contributed by atoms with Crippen LogP contribution >= 0.6 is 11.8 Å². The lowest BCUT2D eigenvalue weighted by molar-refractivity contribution is 0.652. The second-order valence-electron chi connectivity index (χ2n) is 4.04. The van der Waals surface area contributed by atoms with Gasteiger partial charge in [0.15, 0.2) is 0 Å². The topological polar surface area (TPSA) is 35.8 Å². The van der Waals surface area contributed by atoms with E-state index in [-0.39, 0.29) is 0 Å². The molecule has 1 atom stereocenters. The van der Waals surface area contributed by atoms with E-state index < -0.39 is 0 Å². The third-order valence-electron chi connectivity index (χ3n) is 2.76. The Morgan fingerprint density at radius 1 is 1.29 bits per heavy atom. The molecule has 0 aliphatic carbocycles. The fourth-order valence-electron chi connectivity index (χ4n) is 1.52. The Labute approximate surface area is 108 Å². The number of unbranched alkanes of at least 4 members (excludes halogenated alkanes) is 2. The molecule has 0 heterocycles. The normalized spacial score (nSPS) is 12.1. The fraction of sp³-hybridized carbons (Fsp3) is 0.500. The van der Waals surface area contributed by atoms with Crippen molar-refractivity contribution < 1.29 is 0 Å². The monoisotopic (exact) mass is 248 g/mol. The van der Waals surface area contributed by atoms with E-state index >= 15 is 0 Å². The number of hydrogen-bond acceptors (Lipinski definition) is 3. The number of benzene rings is 1. The minimum Gasteiger partial charge on any atom is -0.313 e. The molecular weight excluding hydrogens is 228 g/mol. The molecule has 1 rings (SSSR count). The van der Waals surface area contributed by atoms with Gasteiger partial charge in [-0.3, -0.25) is 0 Å². The molecule has 1 unspecified atom stereocenters. The molecule has 0 fully saturated rings. The largest absolute Gasteiger partial charge is 0.313 e. The molecule has 0 saturated heterocycles. The summed E-state index contributed by atoms with van der Waals surface area (Å²) in [5, 5.41) is 11.7. The Morgan fingerprint density at radius 3 is 2.59 bits per heavy atom. The van der Waals surface area contributed by atoms with Crippen molar-refractivity contribution in [3.05, 3.63) is 29.8 Å². The average Bonchev–Trinajstić information content (AvgIpc) is 2.38. The van der Waals surface area contributed by atoms with Crippen molar-refractivity contribution in [1.82, 2.24) is 5.32 Å². The number of rotatable bonds is 7. The van der Waals surface area contributed by atoms with Crippen molar-refractivity contribution in [1.29, 1.82) is 5.26 Å². The van der Waals surface area contributed by atoms with Crippen molar-refractivity contribution in [2.45, 2.75) is 37.1 Å². The number of nitriles is 1. The first-order valence-electron chi connectivity index (χ1n) is 6.05. The van der Waals surface area contributed by atoms with E-state index in [1.807, 2.05) is 18.8 Å². The summed E-state index contributed by atoms with van der Waals surface area (Å²) in [6, 6.07) is 11.3. The van der Waals surface area contributed by atoms with Gasteiger partial charge in [-0.15, -0.1) is 11.8 Å². The predicted octanol–water partition coefficient (Wildman–Crippen LogP) is 3.75. The van der Waals surface area contributed by atoms with Crippen LogP contribution in [0.1, 0.15) is 37.8 Å². The van der Waals surface area contributed by atoms with E-state index in [2.05, 4.69) is 42.6 Å². The number of nitrogens with zero attached hydrogens (tertiary/aromatic N) is 1. The minimum absolute atomic E-state index is 0.407. The molecule has 92 valence electrons. The van der Waals surface area contributed by atoms with Crippen LogP contribution in [0, 0.1) is 11.3 Å². The first-order valence-corrected chi connectivity index (χ1v) is 7.03. The zero-order valence-electron chi connectivity index (χ0n) is 10.6. The zero-order chi connectivity index (χ0) is 12.5. The van der Waals surface area contributed by atoms with Gasteiger partial charge in [-0.05, 0) is 50.3 Å². The van der Waals surface area contributed by atoms with Crippen LogP contribution in [-0.2, 0) is 0 Å². The highest BCUT2D eigenvalue weighted by molar-refractivity contribution is 7.99. The van der Waals surface area contributed by atoms with Gasteiger partial charge in [0.1, 0.15) is 0 Å². The molecule has 0 amide bonds. The second-order valence-corrected chi connectivity index (χ2v) is 5.21. The van der Waals surface area contributed by atoms with E-state index in [0.29, 0.717) is 12.5 Å². The lowest BCUT2D eigenvalue weighted by Crippen LogP contribution is -2.11. The number of thioether (sulfide) groups is 1. The molecule has 0 saturated carbocycles. The molecule has 17 heavy (non-hydrogen) atoms. The summed E-state index contributed by atoms with van der Waals surface area (Å²) >= 11 is 1.87. The summed E-state index contributed by atoms with van der Waals surface area (Å²) in [4.78, 5) is 1.31. The summed E-state index contributed by atoms with van der Waals surface area (Å²) in [7, 11) is 1.97. The van der Waals surface area contributed by atoms with Crippen LogP contribution in [0.15, 0.2) is 29.2 Å². The van der Waals surface area contributed by atoms with Crippen molar-refractivity contribution in [3.63, 3.8) is 0 Å². The molecule has 0 bridgehead atoms. The van der Waals surface area contributed by atoms with E-state index in [4.69, 9.17) is 5.26 Å². The van der Waals surface area contributed by atoms with Gasteiger partial charge < -0.3 is 5.32 Å². The fourth-order valence-corrected chi connectivity index (χ4v) is 2.43. The number of hydrogen-bond donors (Lipinski definition) is 1. The van der Waals surface area contributed by atoms with Crippen LogP contribution < -0.4 is 5.32 Å². The first-order chi connectivity index (χ1) is 8.27. The van der Waals surface area contributed by atoms with E-state index in [0.717, 1.165) is 18.6 Å². The number of nitrogens with one attached hydrogen (secondary N) is 1. The zero-order valence-corrected chi connectivity index (χ0v) is 11.4. The maximum atomic E-state index is 8.43. The van der Waals surface area contributed by atoms with E-state index in [1.165, 1.54) is 10.5 Å².